The number of unbranched alkanes of at least 4 members (excludes halogenated alkanes) is 1. The molecular weight excluding hydrogens is 680 g/mol. The smallest absolute Gasteiger partial charge is 0.410 e. The molecule has 2 N–H and O–H groups in total. The summed E-state index contributed by atoms with van der Waals surface area (Å²) in [5.74, 6) is -3.91. The van der Waals surface area contributed by atoms with Crippen LogP contribution in [0, 0.1) is 0 Å². The zero-order valence-electron chi connectivity index (χ0n) is 29.5. The maximum absolute atomic E-state index is 13.1. The summed E-state index contributed by atoms with van der Waals surface area (Å²) in [5, 5.41) is 12.1. The summed E-state index contributed by atoms with van der Waals surface area (Å²) in [4.78, 5) is 73.4. The molecule has 2 amide bonds. The van der Waals surface area contributed by atoms with Gasteiger partial charge < -0.3 is 38.8 Å². The van der Waals surface area contributed by atoms with E-state index in [1.807, 2.05) is 48.5 Å². The summed E-state index contributed by atoms with van der Waals surface area (Å²) in [6.45, 7) is 3.97. The number of aliphatic carboxylic acids is 1. The van der Waals surface area contributed by atoms with Crippen LogP contribution in [-0.2, 0) is 52.4 Å². The lowest BCUT2D eigenvalue weighted by Gasteiger charge is -2.44. The third-order valence-electron chi connectivity index (χ3n) is 8.31. The van der Waals surface area contributed by atoms with Gasteiger partial charge in [0, 0.05) is 40.2 Å². The number of hydrogen-bond acceptors (Lipinski definition) is 12. The highest BCUT2D eigenvalue weighted by Crippen LogP contribution is 2.44. The minimum absolute atomic E-state index is 0.0444. The van der Waals surface area contributed by atoms with Crippen molar-refractivity contribution in [2.75, 3.05) is 32.9 Å². The van der Waals surface area contributed by atoms with Crippen LogP contribution in [0.5, 0.6) is 0 Å². The Labute approximate surface area is 301 Å². The third kappa shape index (κ3) is 10.9. The van der Waals surface area contributed by atoms with E-state index in [0.29, 0.717) is 12.8 Å². The summed E-state index contributed by atoms with van der Waals surface area (Å²) in [7, 11) is 0. The molecule has 15 heteroatoms. The van der Waals surface area contributed by atoms with Crippen LogP contribution in [0.1, 0.15) is 57.6 Å². The third-order valence-corrected chi connectivity index (χ3v) is 8.31. The molecule has 2 aromatic rings. The first-order valence-electron chi connectivity index (χ1n) is 16.8. The van der Waals surface area contributed by atoms with E-state index in [1.54, 1.807) is 12.2 Å². The van der Waals surface area contributed by atoms with Crippen molar-refractivity contribution in [3.8, 4) is 11.1 Å². The van der Waals surface area contributed by atoms with Crippen LogP contribution in [0.3, 0.4) is 0 Å². The first-order chi connectivity index (χ1) is 24.8. The van der Waals surface area contributed by atoms with Gasteiger partial charge in [-0.05, 0) is 35.1 Å². The Hall–Kier alpha value is -5.28. The van der Waals surface area contributed by atoms with Crippen molar-refractivity contribution in [2.24, 2.45) is 0 Å². The van der Waals surface area contributed by atoms with Crippen molar-refractivity contribution in [1.82, 2.24) is 10.2 Å². The van der Waals surface area contributed by atoms with Gasteiger partial charge in [0.15, 0.2) is 18.5 Å². The molecule has 0 aromatic heterocycles. The molecule has 2 aliphatic rings. The number of amides is 2. The quantitative estimate of drug-likeness (QED) is 0.111. The molecule has 15 nitrogen and oxygen atoms in total. The van der Waals surface area contributed by atoms with Crippen molar-refractivity contribution in [1.29, 1.82) is 0 Å². The number of ether oxygens (including phenoxy) is 6. The number of benzene rings is 2. The van der Waals surface area contributed by atoms with Crippen LogP contribution >= 0.6 is 0 Å². The monoisotopic (exact) mass is 724 g/mol. The van der Waals surface area contributed by atoms with E-state index >= 15 is 0 Å². The van der Waals surface area contributed by atoms with Crippen LogP contribution in [0.2, 0.25) is 0 Å². The highest BCUT2D eigenvalue weighted by atomic mass is 16.7. The molecule has 0 bridgehead atoms. The first kappa shape index (κ1) is 39.5. The number of rotatable bonds is 16. The summed E-state index contributed by atoms with van der Waals surface area (Å²) in [5.41, 5.74) is 4.24. The maximum atomic E-state index is 13.1. The van der Waals surface area contributed by atoms with E-state index in [0.717, 1.165) is 41.0 Å². The Bertz CT molecular complexity index is 1600. The van der Waals surface area contributed by atoms with Crippen molar-refractivity contribution in [3.63, 3.8) is 0 Å². The molecule has 0 spiro atoms. The zero-order chi connectivity index (χ0) is 37.8. The van der Waals surface area contributed by atoms with Gasteiger partial charge in [0.25, 0.3) is 0 Å². The molecular formula is C37H44N2O13. The Kier molecular flexibility index (Phi) is 14.3. The average Bonchev–Trinajstić information content (AvgIpc) is 3.40. The van der Waals surface area contributed by atoms with E-state index in [4.69, 9.17) is 28.4 Å². The summed E-state index contributed by atoms with van der Waals surface area (Å²) < 4.78 is 33.4. The molecule has 1 saturated heterocycles. The van der Waals surface area contributed by atoms with Crippen LogP contribution < -0.4 is 5.32 Å². The van der Waals surface area contributed by atoms with E-state index in [-0.39, 0.29) is 32.3 Å². The number of carboxylic acids is 1. The number of nitrogens with zero attached hydrogens (tertiary/aromatic N) is 1. The highest BCUT2D eigenvalue weighted by Gasteiger charge is 2.51. The van der Waals surface area contributed by atoms with E-state index in [2.05, 4.69) is 5.32 Å². The molecule has 2 aromatic carbocycles. The Balaban J connectivity index is 1.34. The fraction of sp³-hybridized carbons (Fsp3) is 0.459. The van der Waals surface area contributed by atoms with Crippen molar-refractivity contribution in [3.05, 3.63) is 71.8 Å². The van der Waals surface area contributed by atoms with Gasteiger partial charge in [-0.1, -0.05) is 60.7 Å². The van der Waals surface area contributed by atoms with Gasteiger partial charge in [-0.3, -0.25) is 28.9 Å². The number of fused-ring (bicyclic) bond motifs is 3. The molecule has 0 unspecified atom stereocenters. The van der Waals surface area contributed by atoms with Crippen molar-refractivity contribution >= 4 is 35.9 Å². The number of nitrogens with one attached hydrogen (secondary N) is 1. The molecule has 0 saturated carbocycles. The van der Waals surface area contributed by atoms with Crippen molar-refractivity contribution < 1.29 is 62.3 Å². The van der Waals surface area contributed by atoms with Crippen molar-refractivity contribution in [2.45, 2.75) is 77.1 Å². The van der Waals surface area contributed by atoms with Gasteiger partial charge in [0.05, 0.1) is 6.61 Å². The van der Waals surface area contributed by atoms with Crippen LogP contribution in [0.15, 0.2) is 60.7 Å². The normalized spacial score (nSPS) is 20.7. The number of carboxylic acid groups (broad SMARTS) is 1. The molecule has 5 atom stereocenters. The largest absolute Gasteiger partial charge is 0.480 e. The number of hydrogen-bond donors (Lipinski definition) is 2. The topological polar surface area (TPSA) is 193 Å². The van der Waals surface area contributed by atoms with Gasteiger partial charge >= 0.3 is 30.0 Å². The van der Waals surface area contributed by atoms with Crippen LogP contribution in [0.25, 0.3) is 11.1 Å². The molecule has 1 aliphatic heterocycles. The Morgan fingerprint density at radius 2 is 1.42 bits per heavy atom. The van der Waals surface area contributed by atoms with E-state index in [9.17, 15) is 33.9 Å². The van der Waals surface area contributed by atoms with Gasteiger partial charge in [-0.25, -0.2) is 4.79 Å². The molecule has 280 valence electrons. The standard InChI is InChI=1S/C37H44N2O13/c1-22(40)38-33-35(51-25(4)43)34(50-24(3)42)31(21-48-23(2)41)52-36(33)47-18-12-6-5-11-17-39(19-32(44)45)37(46)49-20-30-28-15-9-7-13-26(28)27-14-8-10-16-29(27)30/h6-10,12-16,30-31,33-36H,5,11,17-21H2,1-4H3,(H,38,40)(H,44,45)/b12-6-/t31-,33-,34-,35-,36-/m1/s1. The summed E-state index contributed by atoms with van der Waals surface area (Å²) in [6.07, 6.45) is -1.27. The van der Waals surface area contributed by atoms with Gasteiger partial charge in [-0.2, -0.15) is 0 Å². The predicted molar refractivity (Wildman–Crippen MR) is 183 cm³/mol. The molecule has 1 heterocycles. The van der Waals surface area contributed by atoms with E-state index < -0.39 is 73.1 Å². The van der Waals surface area contributed by atoms with Gasteiger partial charge in [0.2, 0.25) is 5.91 Å². The second-order valence-corrected chi connectivity index (χ2v) is 12.3. The molecule has 52 heavy (non-hydrogen) atoms. The first-order valence-corrected chi connectivity index (χ1v) is 16.8. The lowest BCUT2D eigenvalue weighted by Crippen LogP contribution is -2.66. The Morgan fingerprint density at radius 1 is 0.808 bits per heavy atom. The Morgan fingerprint density at radius 3 is 2.00 bits per heavy atom. The number of carbonyl (C=O) groups excluding carboxylic acids is 5. The fourth-order valence-electron chi connectivity index (χ4n) is 6.25. The fourth-order valence-corrected chi connectivity index (χ4v) is 6.25. The number of esters is 3. The zero-order valence-corrected chi connectivity index (χ0v) is 29.5. The second kappa shape index (κ2) is 18.8. The molecule has 4 rings (SSSR count). The minimum Gasteiger partial charge on any atom is -0.480 e. The lowest BCUT2D eigenvalue weighted by atomic mass is 9.96. The maximum Gasteiger partial charge on any atom is 0.410 e. The van der Waals surface area contributed by atoms with Gasteiger partial charge in [-0.15, -0.1) is 0 Å². The average molecular weight is 725 g/mol. The molecule has 1 aliphatic carbocycles. The van der Waals surface area contributed by atoms with E-state index in [1.165, 1.54) is 13.8 Å². The number of carbonyl (C=O) groups is 6. The molecule has 1 fully saturated rings. The SMILES string of the molecule is CC(=O)N[C@H]1[C@H](OC/C=C\CCCN(CC(=O)O)C(=O)OCC2c3ccccc3-c3ccccc32)O[C@H](COC(C)=O)[C@@H](OC(C)=O)[C@@H]1OC(C)=O. The van der Waals surface area contributed by atoms with Crippen LogP contribution in [0.4, 0.5) is 4.79 Å². The number of allylic oxidation sites excluding steroid dienone is 1. The summed E-state index contributed by atoms with van der Waals surface area (Å²) in [6, 6.07) is 14.7. The van der Waals surface area contributed by atoms with Gasteiger partial charge in [0.1, 0.15) is 31.9 Å². The van der Waals surface area contributed by atoms with Crippen LogP contribution in [-0.4, -0.2) is 109 Å². The molecule has 0 radical (unpaired) electrons. The highest BCUT2D eigenvalue weighted by molar-refractivity contribution is 5.80. The minimum atomic E-state index is -1.24. The summed E-state index contributed by atoms with van der Waals surface area (Å²) >= 11 is 0. The lowest BCUT2D eigenvalue weighted by molar-refractivity contribution is -0.275. The predicted octanol–water partition coefficient (Wildman–Crippen LogP) is 3.33. The second-order valence-electron chi connectivity index (χ2n) is 12.3.